The second-order valence-electron chi connectivity index (χ2n) is 5.34. The van der Waals surface area contributed by atoms with Crippen molar-refractivity contribution in [1.29, 1.82) is 0 Å². The summed E-state index contributed by atoms with van der Waals surface area (Å²) >= 11 is 0. The number of rotatable bonds is 5. The van der Waals surface area contributed by atoms with Crippen LogP contribution in [0, 0.1) is 6.92 Å². The van der Waals surface area contributed by atoms with Crippen molar-refractivity contribution in [3.8, 4) is 5.75 Å². The Kier molecular flexibility index (Phi) is 5.97. The highest BCUT2D eigenvalue weighted by atomic mass is 16.5. The van der Waals surface area contributed by atoms with Gasteiger partial charge in [0.25, 0.3) is 0 Å². The third-order valence-electron chi connectivity index (χ3n) is 3.71. The Morgan fingerprint density at radius 3 is 2.74 bits per heavy atom. The molecule has 1 N–H and O–H groups in total. The number of methoxy groups -OCH3 is 1. The largest absolute Gasteiger partial charge is 0.496 e. The van der Waals surface area contributed by atoms with Gasteiger partial charge in [0.1, 0.15) is 5.75 Å². The van der Waals surface area contributed by atoms with Gasteiger partial charge in [-0.05, 0) is 24.6 Å². The van der Waals surface area contributed by atoms with Gasteiger partial charge in [-0.1, -0.05) is 24.3 Å². The van der Waals surface area contributed by atoms with E-state index in [2.05, 4.69) is 39.2 Å². The van der Waals surface area contributed by atoms with Crippen molar-refractivity contribution >= 4 is 5.96 Å². The molecule has 0 unspecified atom stereocenters. The highest BCUT2D eigenvalue weighted by molar-refractivity contribution is 5.79. The van der Waals surface area contributed by atoms with Crippen LogP contribution < -0.4 is 10.1 Å². The fourth-order valence-corrected chi connectivity index (χ4v) is 2.41. The van der Waals surface area contributed by atoms with E-state index in [-0.39, 0.29) is 0 Å². The zero-order valence-corrected chi connectivity index (χ0v) is 14.2. The normalized spacial score (nSPS) is 11.2. The molecule has 0 aliphatic rings. The van der Waals surface area contributed by atoms with Gasteiger partial charge in [0.15, 0.2) is 5.96 Å². The fraction of sp³-hybridized carbons (Fsp3) is 0.333. The number of aromatic nitrogens is 1. The van der Waals surface area contributed by atoms with E-state index >= 15 is 0 Å². The average Bonchev–Trinajstić information content (AvgIpc) is 2.57. The zero-order valence-electron chi connectivity index (χ0n) is 14.2. The van der Waals surface area contributed by atoms with Crippen LogP contribution in [0.4, 0.5) is 0 Å². The van der Waals surface area contributed by atoms with Crippen LogP contribution in [0.3, 0.4) is 0 Å². The van der Waals surface area contributed by atoms with Crippen LogP contribution in [0.5, 0.6) is 5.75 Å². The van der Waals surface area contributed by atoms with Gasteiger partial charge >= 0.3 is 0 Å². The Balaban J connectivity index is 2.02. The van der Waals surface area contributed by atoms with Crippen LogP contribution in [0.25, 0.3) is 0 Å². The van der Waals surface area contributed by atoms with Crippen LogP contribution in [0.2, 0.25) is 0 Å². The van der Waals surface area contributed by atoms with E-state index in [4.69, 9.17) is 4.74 Å². The fourth-order valence-electron chi connectivity index (χ4n) is 2.41. The lowest BCUT2D eigenvalue weighted by atomic mass is 10.2. The molecule has 0 aliphatic heterocycles. The van der Waals surface area contributed by atoms with E-state index in [1.807, 2.05) is 37.5 Å². The van der Waals surface area contributed by atoms with E-state index in [1.54, 1.807) is 14.2 Å². The summed E-state index contributed by atoms with van der Waals surface area (Å²) in [6, 6.07) is 12.0. The number of nitrogens with one attached hydrogen (secondary N) is 1. The molecule has 1 aromatic carbocycles. The topological polar surface area (TPSA) is 49.8 Å². The Morgan fingerprint density at radius 1 is 1.26 bits per heavy atom. The summed E-state index contributed by atoms with van der Waals surface area (Å²) in [5.74, 6) is 1.70. The quantitative estimate of drug-likeness (QED) is 0.681. The second kappa shape index (κ2) is 8.17. The van der Waals surface area contributed by atoms with Gasteiger partial charge in [-0.2, -0.15) is 0 Å². The number of hydrogen-bond acceptors (Lipinski definition) is 3. The smallest absolute Gasteiger partial charge is 0.194 e. The molecule has 0 spiro atoms. The molecule has 0 bridgehead atoms. The molecule has 0 radical (unpaired) electrons. The molecule has 0 aliphatic carbocycles. The summed E-state index contributed by atoms with van der Waals surface area (Å²) in [5.41, 5.74) is 3.32. The maximum atomic E-state index is 5.41. The molecule has 1 heterocycles. The van der Waals surface area contributed by atoms with Crippen LogP contribution in [-0.4, -0.2) is 37.0 Å². The minimum atomic E-state index is 0.648. The highest BCUT2D eigenvalue weighted by Gasteiger charge is 2.10. The van der Waals surface area contributed by atoms with E-state index in [9.17, 15) is 0 Å². The zero-order chi connectivity index (χ0) is 16.7. The number of benzene rings is 1. The Labute approximate surface area is 138 Å². The van der Waals surface area contributed by atoms with Crippen molar-refractivity contribution in [2.75, 3.05) is 21.2 Å². The molecule has 5 heteroatoms. The first-order valence-corrected chi connectivity index (χ1v) is 7.60. The molecule has 0 amide bonds. The summed E-state index contributed by atoms with van der Waals surface area (Å²) in [4.78, 5) is 10.8. The number of ether oxygens (including phenoxy) is 1. The van der Waals surface area contributed by atoms with Gasteiger partial charge in [-0.25, -0.2) is 0 Å². The highest BCUT2D eigenvalue weighted by Crippen LogP contribution is 2.18. The van der Waals surface area contributed by atoms with Gasteiger partial charge in [0, 0.05) is 32.4 Å². The standard InChI is InChI=1S/C18H24N4O/c1-14-8-7-11-20-16(14)12-21-18(19-2)22(3)13-15-9-5-6-10-17(15)23-4/h5-11H,12-13H2,1-4H3,(H,19,21). The van der Waals surface area contributed by atoms with Gasteiger partial charge in [-0.15, -0.1) is 0 Å². The van der Waals surface area contributed by atoms with E-state index in [0.717, 1.165) is 23.0 Å². The lowest BCUT2D eigenvalue weighted by Crippen LogP contribution is -2.38. The number of guanidine groups is 1. The molecule has 0 saturated carbocycles. The molecule has 0 fully saturated rings. The van der Waals surface area contributed by atoms with Crippen LogP contribution >= 0.6 is 0 Å². The van der Waals surface area contributed by atoms with Crippen molar-refractivity contribution in [2.24, 2.45) is 4.99 Å². The Hall–Kier alpha value is -2.56. The molecule has 23 heavy (non-hydrogen) atoms. The summed E-state index contributed by atoms with van der Waals surface area (Å²) in [6.45, 7) is 3.42. The maximum absolute atomic E-state index is 5.41. The summed E-state index contributed by atoms with van der Waals surface area (Å²) < 4.78 is 5.41. The number of para-hydroxylation sites is 1. The lowest BCUT2D eigenvalue weighted by Gasteiger charge is -2.23. The first-order chi connectivity index (χ1) is 11.2. The SMILES string of the molecule is CN=C(NCc1ncccc1C)N(C)Cc1ccccc1OC. The number of hydrogen-bond donors (Lipinski definition) is 1. The molecule has 2 aromatic rings. The molecule has 0 saturated heterocycles. The van der Waals surface area contributed by atoms with Crippen molar-refractivity contribution in [1.82, 2.24) is 15.2 Å². The van der Waals surface area contributed by atoms with Crippen LogP contribution in [0.15, 0.2) is 47.6 Å². The predicted molar refractivity (Wildman–Crippen MR) is 93.6 cm³/mol. The van der Waals surface area contributed by atoms with Crippen molar-refractivity contribution < 1.29 is 4.74 Å². The minimum absolute atomic E-state index is 0.648. The average molecular weight is 312 g/mol. The molecular formula is C18H24N4O. The molecular weight excluding hydrogens is 288 g/mol. The minimum Gasteiger partial charge on any atom is -0.496 e. The molecule has 1 aromatic heterocycles. The van der Waals surface area contributed by atoms with E-state index < -0.39 is 0 Å². The van der Waals surface area contributed by atoms with Gasteiger partial charge in [0.2, 0.25) is 0 Å². The predicted octanol–water partition coefficient (Wildman–Crippen LogP) is 2.61. The first kappa shape index (κ1) is 16.8. The van der Waals surface area contributed by atoms with Crippen molar-refractivity contribution in [3.05, 3.63) is 59.4 Å². The summed E-state index contributed by atoms with van der Waals surface area (Å²) in [5, 5.41) is 3.36. The maximum Gasteiger partial charge on any atom is 0.194 e. The molecule has 0 atom stereocenters. The molecule has 5 nitrogen and oxygen atoms in total. The summed E-state index contributed by atoms with van der Waals surface area (Å²) in [7, 11) is 5.48. The third-order valence-corrected chi connectivity index (χ3v) is 3.71. The third kappa shape index (κ3) is 4.45. The Morgan fingerprint density at radius 2 is 2.04 bits per heavy atom. The van der Waals surface area contributed by atoms with Gasteiger partial charge in [-0.3, -0.25) is 9.98 Å². The van der Waals surface area contributed by atoms with Crippen LogP contribution in [0.1, 0.15) is 16.8 Å². The Bertz CT molecular complexity index is 670. The molecule has 2 rings (SSSR count). The number of aliphatic imine (C=N–C) groups is 1. The molecule has 122 valence electrons. The summed E-state index contributed by atoms with van der Waals surface area (Å²) in [6.07, 6.45) is 1.81. The monoisotopic (exact) mass is 312 g/mol. The van der Waals surface area contributed by atoms with Crippen molar-refractivity contribution in [3.63, 3.8) is 0 Å². The van der Waals surface area contributed by atoms with Crippen LogP contribution in [-0.2, 0) is 13.1 Å². The van der Waals surface area contributed by atoms with Gasteiger partial charge < -0.3 is 15.0 Å². The van der Waals surface area contributed by atoms with Crippen molar-refractivity contribution in [2.45, 2.75) is 20.0 Å². The van der Waals surface area contributed by atoms with Gasteiger partial charge in [0.05, 0.1) is 19.3 Å². The lowest BCUT2D eigenvalue weighted by molar-refractivity contribution is 0.396. The van der Waals surface area contributed by atoms with E-state index in [0.29, 0.717) is 13.1 Å². The number of nitrogens with zero attached hydrogens (tertiary/aromatic N) is 3. The first-order valence-electron chi connectivity index (χ1n) is 7.60. The number of aryl methyl sites for hydroxylation is 1. The number of pyridine rings is 1. The second-order valence-corrected chi connectivity index (χ2v) is 5.34. The van der Waals surface area contributed by atoms with E-state index in [1.165, 1.54) is 5.56 Å².